The Labute approximate surface area is 155 Å². The van der Waals surface area contributed by atoms with Crippen molar-refractivity contribution in [1.82, 2.24) is 4.98 Å². The highest BCUT2D eigenvalue weighted by atomic mass is 32.1. The minimum absolute atomic E-state index is 0.0827. The van der Waals surface area contributed by atoms with E-state index in [0.717, 1.165) is 15.8 Å². The van der Waals surface area contributed by atoms with Crippen LogP contribution in [0.15, 0.2) is 30.3 Å². The van der Waals surface area contributed by atoms with Crippen LogP contribution in [0.4, 0.5) is 5.13 Å². The molecule has 0 unspecified atom stereocenters. The van der Waals surface area contributed by atoms with Crippen LogP contribution in [0.2, 0.25) is 0 Å². The zero-order chi connectivity index (χ0) is 18.7. The number of carbonyl (C=O) groups is 1. The number of rotatable bonds is 6. The van der Waals surface area contributed by atoms with E-state index < -0.39 is 0 Å². The van der Waals surface area contributed by atoms with Crippen LogP contribution in [0.25, 0.3) is 10.2 Å². The van der Waals surface area contributed by atoms with Crippen molar-refractivity contribution in [2.75, 3.05) is 26.1 Å². The standard InChI is InChI=1S/C19H20N2O4S/c1-11-6-5-7-14(12(11)2)25-10-17(22)20-19-21-18-15(24-4)8-13(23-3)9-16(18)26-19/h5-9H,10H2,1-4H3,(H,20,21,22). The van der Waals surface area contributed by atoms with Crippen LogP contribution in [0.1, 0.15) is 11.1 Å². The Kier molecular flexibility index (Phi) is 5.27. The van der Waals surface area contributed by atoms with Gasteiger partial charge in [0.15, 0.2) is 11.7 Å². The van der Waals surface area contributed by atoms with E-state index in [2.05, 4.69) is 10.3 Å². The fourth-order valence-corrected chi connectivity index (χ4v) is 3.41. The molecular formula is C19H20N2O4S. The van der Waals surface area contributed by atoms with E-state index in [1.807, 2.05) is 38.1 Å². The summed E-state index contributed by atoms with van der Waals surface area (Å²) < 4.78 is 17.1. The van der Waals surface area contributed by atoms with Gasteiger partial charge in [-0.2, -0.15) is 0 Å². The lowest BCUT2D eigenvalue weighted by Gasteiger charge is -2.10. The lowest BCUT2D eigenvalue weighted by molar-refractivity contribution is -0.118. The summed E-state index contributed by atoms with van der Waals surface area (Å²) in [5, 5.41) is 3.26. The summed E-state index contributed by atoms with van der Waals surface area (Å²) >= 11 is 1.35. The summed E-state index contributed by atoms with van der Waals surface area (Å²) in [5.74, 6) is 1.71. The molecule has 3 rings (SSSR count). The fraction of sp³-hybridized carbons (Fsp3) is 0.263. The number of amides is 1. The maximum atomic E-state index is 12.2. The van der Waals surface area contributed by atoms with Gasteiger partial charge in [-0.1, -0.05) is 23.5 Å². The molecule has 0 saturated heterocycles. The smallest absolute Gasteiger partial charge is 0.264 e. The van der Waals surface area contributed by atoms with Crippen molar-refractivity contribution >= 4 is 32.6 Å². The number of fused-ring (bicyclic) bond motifs is 1. The Morgan fingerprint density at radius 1 is 1.15 bits per heavy atom. The molecule has 1 N–H and O–H groups in total. The molecule has 0 bridgehead atoms. The molecule has 1 amide bonds. The van der Waals surface area contributed by atoms with E-state index in [9.17, 15) is 4.79 Å². The summed E-state index contributed by atoms with van der Waals surface area (Å²) in [4.78, 5) is 16.6. The number of aryl methyl sites for hydroxylation is 1. The summed E-state index contributed by atoms with van der Waals surface area (Å²) in [7, 11) is 3.17. The Morgan fingerprint density at radius 2 is 1.96 bits per heavy atom. The molecule has 0 aliphatic carbocycles. The second kappa shape index (κ2) is 7.61. The highest BCUT2D eigenvalue weighted by molar-refractivity contribution is 7.22. The Balaban J connectivity index is 1.72. The summed E-state index contributed by atoms with van der Waals surface area (Å²) in [6.07, 6.45) is 0. The molecule has 0 atom stereocenters. The molecule has 26 heavy (non-hydrogen) atoms. The van der Waals surface area contributed by atoms with Gasteiger partial charge in [-0.15, -0.1) is 0 Å². The van der Waals surface area contributed by atoms with E-state index in [0.29, 0.717) is 27.9 Å². The minimum atomic E-state index is -0.268. The van der Waals surface area contributed by atoms with Crippen LogP contribution in [-0.2, 0) is 4.79 Å². The zero-order valence-corrected chi connectivity index (χ0v) is 15.9. The van der Waals surface area contributed by atoms with Crippen molar-refractivity contribution in [3.63, 3.8) is 0 Å². The van der Waals surface area contributed by atoms with Crippen LogP contribution >= 0.6 is 11.3 Å². The molecule has 0 aliphatic heterocycles. The number of hydrogen-bond acceptors (Lipinski definition) is 6. The quantitative estimate of drug-likeness (QED) is 0.709. The molecule has 1 aromatic heterocycles. The van der Waals surface area contributed by atoms with Gasteiger partial charge >= 0.3 is 0 Å². The van der Waals surface area contributed by atoms with Gasteiger partial charge in [0.05, 0.1) is 18.9 Å². The average molecular weight is 372 g/mol. The lowest BCUT2D eigenvalue weighted by atomic mass is 10.1. The zero-order valence-electron chi connectivity index (χ0n) is 15.1. The number of carbonyl (C=O) groups excluding carboxylic acids is 1. The number of nitrogens with zero attached hydrogens (tertiary/aromatic N) is 1. The van der Waals surface area contributed by atoms with Crippen LogP contribution in [0, 0.1) is 13.8 Å². The first-order chi connectivity index (χ1) is 12.5. The van der Waals surface area contributed by atoms with E-state index in [1.165, 1.54) is 11.3 Å². The predicted octanol–water partition coefficient (Wildman–Crippen LogP) is 3.95. The molecule has 2 aromatic carbocycles. The highest BCUT2D eigenvalue weighted by Crippen LogP contribution is 2.36. The fourth-order valence-electron chi connectivity index (χ4n) is 2.48. The first kappa shape index (κ1) is 18.0. The highest BCUT2D eigenvalue weighted by Gasteiger charge is 2.14. The van der Waals surface area contributed by atoms with Crippen LogP contribution in [0.3, 0.4) is 0 Å². The van der Waals surface area contributed by atoms with Gasteiger partial charge in [0.25, 0.3) is 5.91 Å². The lowest BCUT2D eigenvalue weighted by Crippen LogP contribution is -2.20. The van der Waals surface area contributed by atoms with Crippen molar-refractivity contribution in [2.45, 2.75) is 13.8 Å². The third-order valence-electron chi connectivity index (χ3n) is 4.05. The Bertz CT molecular complexity index is 952. The summed E-state index contributed by atoms with van der Waals surface area (Å²) in [5.41, 5.74) is 2.83. The van der Waals surface area contributed by atoms with Gasteiger partial charge < -0.3 is 14.2 Å². The van der Waals surface area contributed by atoms with Crippen molar-refractivity contribution in [1.29, 1.82) is 0 Å². The monoisotopic (exact) mass is 372 g/mol. The molecule has 0 saturated carbocycles. The molecule has 0 radical (unpaired) electrons. The van der Waals surface area contributed by atoms with E-state index in [-0.39, 0.29) is 12.5 Å². The number of anilines is 1. The largest absolute Gasteiger partial charge is 0.497 e. The SMILES string of the molecule is COc1cc(OC)c2nc(NC(=O)COc3cccc(C)c3C)sc2c1. The maximum absolute atomic E-state index is 12.2. The topological polar surface area (TPSA) is 69.7 Å². The number of thiazole rings is 1. The second-order valence-electron chi connectivity index (χ2n) is 5.73. The average Bonchev–Trinajstić information content (AvgIpc) is 3.04. The van der Waals surface area contributed by atoms with Gasteiger partial charge in [0.1, 0.15) is 22.8 Å². The molecular weight excluding hydrogens is 352 g/mol. The molecule has 0 fully saturated rings. The van der Waals surface area contributed by atoms with Gasteiger partial charge in [0, 0.05) is 6.07 Å². The normalized spacial score (nSPS) is 10.6. The van der Waals surface area contributed by atoms with Crippen LogP contribution in [0.5, 0.6) is 17.2 Å². The third kappa shape index (κ3) is 3.72. The number of benzene rings is 2. The number of methoxy groups -OCH3 is 2. The minimum Gasteiger partial charge on any atom is -0.497 e. The van der Waals surface area contributed by atoms with Crippen LogP contribution < -0.4 is 19.5 Å². The first-order valence-electron chi connectivity index (χ1n) is 8.03. The maximum Gasteiger partial charge on any atom is 0.264 e. The summed E-state index contributed by atoms with van der Waals surface area (Å²) in [6, 6.07) is 9.38. The van der Waals surface area contributed by atoms with Crippen molar-refractivity contribution < 1.29 is 19.0 Å². The van der Waals surface area contributed by atoms with E-state index in [4.69, 9.17) is 14.2 Å². The Morgan fingerprint density at radius 3 is 2.69 bits per heavy atom. The van der Waals surface area contributed by atoms with Crippen molar-refractivity contribution in [2.24, 2.45) is 0 Å². The van der Waals surface area contributed by atoms with Crippen molar-refractivity contribution in [3.8, 4) is 17.2 Å². The van der Waals surface area contributed by atoms with Crippen molar-refractivity contribution in [3.05, 3.63) is 41.5 Å². The number of aromatic nitrogens is 1. The molecule has 6 nitrogen and oxygen atoms in total. The first-order valence-corrected chi connectivity index (χ1v) is 8.85. The molecule has 7 heteroatoms. The number of ether oxygens (including phenoxy) is 3. The van der Waals surface area contributed by atoms with Gasteiger partial charge in [-0.3, -0.25) is 10.1 Å². The van der Waals surface area contributed by atoms with Crippen LogP contribution in [-0.4, -0.2) is 31.7 Å². The number of nitrogens with one attached hydrogen (secondary N) is 1. The van der Waals surface area contributed by atoms with E-state index in [1.54, 1.807) is 20.3 Å². The van der Waals surface area contributed by atoms with Gasteiger partial charge in [0.2, 0.25) is 0 Å². The summed E-state index contributed by atoms with van der Waals surface area (Å²) in [6.45, 7) is 3.89. The predicted molar refractivity (Wildman–Crippen MR) is 103 cm³/mol. The molecule has 136 valence electrons. The van der Waals surface area contributed by atoms with E-state index >= 15 is 0 Å². The van der Waals surface area contributed by atoms with Gasteiger partial charge in [-0.25, -0.2) is 4.98 Å². The number of hydrogen-bond donors (Lipinski definition) is 1. The van der Waals surface area contributed by atoms with Gasteiger partial charge in [-0.05, 0) is 37.1 Å². The third-order valence-corrected chi connectivity index (χ3v) is 4.97. The molecule has 3 aromatic rings. The molecule has 0 spiro atoms. The second-order valence-corrected chi connectivity index (χ2v) is 6.76. The Hall–Kier alpha value is -2.80. The molecule has 1 heterocycles. The molecule has 0 aliphatic rings.